The molecule has 3 aromatic rings. The van der Waals surface area contributed by atoms with Gasteiger partial charge in [0.15, 0.2) is 4.34 Å². The molecule has 0 aliphatic rings. The number of rotatable bonds is 9. The molecule has 31 heavy (non-hydrogen) atoms. The van der Waals surface area contributed by atoms with E-state index in [4.69, 9.17) is 9.47 Å². The number of anilines is 1. The van der Waals surface area contributed by atoms with Gasteiger partial charge in [0, 0.05) is 23.0 Å². The van der Waals surface area contributed by atoms with Gasteiger partial charge < -0.3 is 13.8 Å². The van der Waals surface area contributed by atoms with E-state index in [2.05, 4.69) is 4.98 Å². The highest BCUT2D eigenvalue weighted by Gasteiger charge is 2.19. The van der Waals surface area contributed by atoms with Gasteiger partial charge in [-0.15, -0.1) is 11.3 Å². The first-order valence-corrected chi connectivity index (χ1v) is 11.4. The quantitative estimate of drug-likeness (QED) is 0.288. The zero-order valence-corrected chi connectivity index (χ0v) is 19.6. The van der Waals surface area contributed by atoms with Crippen LogP contribution >= 0.6 is 23.3 Å². The van der Waals surface area contributed by atoms with Gasteiger partial charge in [-0.05, 0) is 56.2 Å². The molecule has 0 saturated heterocycles. The largest absolute Gasteiger partial charge is 0.487 e. The second-order valence-electron chi connectivity index (χ2n) is 7.14. The smallest absolute Gasteiger partial charge is 0.337 e. The molecule has 5 nitrogen and oxygen atoms in total. The zero-order chi connectivity index (χ0) is 22.4. The number of carbonyl (C=O) groups is 1. The molecule has 0 aliphatic carbocycles. The molecule has 1 aromatic heterocycles. The van der Waals surface area contributed by atoms with Crippen molar-refractivity contribution in [3.05, 3.63) is 70.2 Å². The molecule has 0 fully saturated rings. The lowest BCUT2D eigenvalue weighted by atomic mass is 10.1. The predicted octanol–water partition coefficient (Wildman–Crippen LogP) is 6.00. The fraction of sp³-hybridized carbons (Fsp3) is 0.304. The van der Waals surface area contributed by atoms with Crippen molar-refractivity contribution in [1.29, 1.82) is 0 Å². The maximum absolute atomic E-state index is 14.0. The van der Waals surface area contributed by atoms with Crippen LogP contribution in [0.25, 0.3) is 0 Å². The Bertz CT molecular complexity index is 1020. The molecule has 0 saturated carbocycles. The zero-order valence-electron chi connectivity index (χ0n) is 17.9. The molecule has 0 aliphatic heterocycles. The number of aromatic nitrogens is 1. The van der Waals surface area contributed by atoms with Crippen LogP contribution in [0.2, 0.25) is 0 Å². The molecule has 0 bridgehead atoms. The minimum Gasteiger partial charge on any atom is -0.487 e. The predicted molar refractivity (Wildman–Crippen MR) is 124 cm³/mol. The number of ether oxygens (including phenoxy) is 2. The summed E-state index contributed by atoms with van der Waals surface area (Å²) in [5, 5.41) is 1.98. The summed E-state index contributed by atoms with van der Waals surface area (Å²) < 4.78 is 27.6. The number of carbonyl (C=O) groups excluding carboxylic acids is 1. The standard InChI is InChI=1S/C23H25FN2O3S2/c1-15-5-10-20(26(12-16(2)24)31-23-25-17(3)14-30-23)21(11-15)29-13-18-6-8-19(9-7-18)22(27)28-4/h5-11,14,16H,12-13H2,1-4H3. The van der Waals surface area contributed by atoms with E-state index >= 15 is 0 Å². The number of thiazole rings is 1. The third-order valence-electron chi connectivity index (χ3n) is 4.36. The molecule has 8 heteroatoms. The van der Waals surface area contributed by atoms with Crippen LogP contribution in [0.15, 0.2) is 52.2 Å². The highest BCUT2D eigenvalue weighted by molar-refractivity contribution is 8.02. The maximum atomic E-state index is 14.0. The lowest BCUT2D eigenvalue weighted by molar-refractivity contribution is 0.0600. The van der Waals surface area contributed by atoms with Gasteiger partial charge in [0.1, 0.15) is 18.5 Å². The van der Waals surface area contributed by atoms with Crippen LogP contribution in [0.4, 0.5) is 10.1 Å². The molecule has 1 heterocycles. The summed E-state index contributed by atoms with van der Waals surface area (Å²) >= 11 is 2.94. The van der Waals surface area contributed by atoms with Crippen LogP contribution in [0.3, 0.4) is 0 Å². The van der Waals surface area contributed by atoms with Crippen molar-refractivity contribution in [2.24, 2.45) is 0 Å². The molecule has 0 N–H and O–H groups in total. The van der Waals surface area contributed by atoms with Gasteiger partial charge in [0.2, 0.25) is 0 Å². The van der Waals surface area contributed by atoms with E-state index in [0.717, 1.165) is 26.8 Å². The first kappa shape index (κ1) is 23.1. The Labute approximate surface area is 190 Å². The molecule has 0 spiro atoms. The topological polar surface area (TPSA) is 51.7 Å². The van der Waals surface area contributed by atoms with Gasteiger partial charge in [-0.1, -0.05) is 18.2 Å². The fourth-order valence-electron chi connectivity index (χ4n) is 2.84. The third kappa shape index (κ3) is 6.45. The third-order valence-corrected chi connectivity index (χ3v) is 6.43. The van der Waals surface area contributed by atoms with Gasteiger partial charge in [-0.2, -0.15) is 0 Å². The second-order valence-corrected chi connectivity index (χ2v) is 9.26. The summed E-state index contributed by atoms with van der Waals surface area (Å²) in [6.45, 7) is 5.99. The number of alkyl halides is 1. The number of nitrogens with zero attached hydrogens (tertiary/aromatic N) is 2. The van der Waals surface area contributed by atoms with Crippen molar-refractivity contribution in [3.63, 3.8) is 0 Å². The lowest BCUT2D eigenvalue weighted by Crippen LogP contribution is -2.23. The van der Waals surface area contributed by atoms with E-state index in [0.29, 0.717) is 17.9 Å². The van der Waals surface area contributed by atoms with E-state index in [-0.39, 0.29) is 12.5 Å². The Morgan fingerprint density at radius 1 is 1.23 bits per heavy atom. The lowest BCUT2D eigenvalue weighted by Gasteiger charge is -2.25. The number of hydrogen-bond donors (Lipinski definition) is 0. The number of aryl methyl sites for hydroxylation is 2. The van der Waals surface area contributed by atoms with Crippen LogP contribution in [0.5, 0.6) is 5.75 Å². The summed E-state index contributed by atoms with van der Waals surface area (Å²) in [5.74, 6) is 0.289. The molecule has 2 aromatic carbocycles. The summed E-state index contributed by atoms with van der Waals surface area (Å²) in [5.41, 5.74) is 4.17. The van der Waals surface area contributed by atoms with Gasteiger partial charge in [0.05, 0.1) is 24.9 Å². The SMILES string of the molecule is COC(=O)c1ccc(COc2cc(C)ccc2N(CC(C)F)Sc2nc(C)cs2)cc1. The highest BCUT2D eigenvalue weighted by atomic mass is 32.2. The first-order valence-electron chi connectivity index (χ1n) is 9.78. The minimum atomic E-state index is -1.02. The fourth-order valence-corrected chi connectivity index (χ4v) is 4.85. The van der Waals surface area contributed by atoms with Gasteiger partial charge in [-0.3, -0.25) is 0 Å². The Morgan fingerprint density at radius 3 is 2.58 bits per heavy atom. The number of benzene rings is 2. The van der Waals surface area contributed by atoms with E-state index in [1.165, 1.54) is 37.3 Å². The average Bonchev–Trinajstić information content (AvgIpc) is 3.16. The van der Waals surface area contributed by atoms with E-state index in [9.17, 15) is 9.18 Å². The summed E-state index contributed by atoms with van der Waals surface area (Å²) in [7, 11) is 1.35. The van der Waals surface area contributed by atoms with E-state index in [1.54, 1.807) is 12.1 Å². The van der Waals surface area contributed by atoms with Crippen molar-refractivity contribution < 1.29 is 18.7 Å². The summed E-state index contributed by atoms with van der Waals surface area (Å²) in [4.78, 5) is 16.1. The normalized spacial score (nSPS) is 11.8. The average molecular weight is 461 g/mol. The molecule has 0 amide bonds. The monoisotopic (exact) mass is 460 g/mol. The summed E-state index contributed by atoms with van der Waals surface area (Å²) in [6, 6.07) is 12.9. The molecule has 164 valence electrons. The molecule has 0 radical (unpaired) electrons. The van der Waals surface area contributed by atoms with Crippen LogP contribution in [0.1, 0.15) is 34.1 Å². The van der Waals surface area contributed by atoms with Crippen molar-refractivity contribution in [2.75, 3.05) is 18.0 Å². The van der Waals surface area contributed by atoms with E-state index in [1.807, 2.05) is 53.9 Å². The van der Waals surface area contributed by atoms with Gasteiger partial charge in [0.25, 0.3) is 0 Å². The molecular formula is C23H25FN2O3S2. The van der Waals surface area contributed by atoms with E-state index < -0.39 is 6.17 Å². The molecule has 1 unspecified atom stereocenters. The van der Waals surface area contributed by atoms with Crippen molar-refractivity contribution in [1.82, 2.24) is 4.98 Å². The van der Waals surface area contributed by atoms with Gasteiger partial charge in [-0.25, -0.2) is 14.2 Å². The van der Waals surface area contributed by atoms with Crippen LogP contribution in [-0.4, -0.2) is 30.8 Å². The number of esters is 1. The molecule has 1 atom stereocenters. The van der Waals surface area contributed by atoms with Crippen LogP contribution in [-0.2, 0) is 11.3 Å². The van der Waals surface area contributed by atoms with Crippen molar-refractivity contribution in [3.8, 4) is 5.75 Å². The van der Waals surface area contributed by atoms with Crippen LogP contribution in [0, 0.1) is 13.8 Å². The van der Waals surface area contributed by atoms with Crippen LogP contribution < -0.4 is 9.04 Å². The Morgan fingerprint density at radius 2 is 1.97 bits per heavy atom. The van der Waals surface area contributed by atoms with Crippen molar-refractivity contribution in [2.45, 2.75) is 37.9 Å². The highest BCUT2D eigenvalue weighted by Crippen LogP contribution is 2.38. The summed E-state index contributed by atoms with van der Waals surface area (Å²) in [6.07, 6.45) is -1.02. The Kier molecular flexibility index (Phi) is 7.92. The number of hydrogen-bond acceptors (Lipinski definition) is 7. The maximum Gasteiger partial charge on any atom is 0.337 e. The van der Waals surface area contributed by atoms with Gasteiger partial charge >= 0.3 is 5.97 Å². The Hall–Kier alpha value is -2.58. The second kappa shape index (κ2) is 10.6. The minimum absolute atomic E-state index is 0.205. The first-order chi connectivity index (χ1) is 14.9. The molecular weight excluding hydrogens is 435 g/mol. The Balaban J connectivity index is 1.81. The number of methoxy groups -OCH3 is 1. The molecule has 3 rings (SSSR count). The van der Waals surface area contributed by atoms with Crippen molar-refractivity contribution >= 4 is 34.9 Å². The number of halogens is 1.